The van der Waals surface area contributed by atoms with Crippen molar-refractivity contribution in [3.05, 3.63) is 0 Å². The van der Waals surface area contributed by atoms with E-state index in [0.29, 0.717) is 25.6 Å². The molecular formula is C16H25N3O3. The number of hydrogen-bond acceptors (Lipinski definition) is 6. The van der Waals surface area contributed by atoms with Crippen LogP contribution in [-0.2, 0) is 14.4 Å². The van der Waals surface area contributed by atoms with E-state index in [1.54, 1.807) is 12.2 Å². The molecule has 0 spiro atoms. The molecule has 6 nitrogen and oxygen atoms in total. The Morgan fingerprint density at radius 3 is 2.09 bits per heavy atom. The van der Waals surface area contributed by atoms with Crippen LogP contribution in [0.3, 0.4) is 0 Å². The molecule has 0 heterocycles. The predicted molar refractivity (Wildman–Crippen MR) is 83.9 cm³/mol. The first-order valence-electron chi connectivity index (χ1n) is 7.69. The molecule has 0 N–H and O–H groups in total. The van der Waals surface area contributed by atoms with Gasteiger partial charge in [-0.15, -0.1) is 0 Å². The Hall–Kier alpha value is -1.86. The van der Waals surface area contributed by atoms with Gasteiger partial charge in [0, 0.05) is 0 Å². The zero-order valence-corrected chi connectivity index (χ0v) is 13.5. The van der Waals surface area contributed by atoms with Gasteiger partial charge in [0.15, 0.2) is 0 Å². The van der Waals surface area contributed by atoms with Crippen molar-refractivity contribution in [2.24, 2.45) is 26.3 Å². The van der Waals surface area contributed by atoms with E-state index in [0.717, 1.165) is 38.5 Å². The van der Waals surface area contributed by atoms with E-state index in [2.05, 4.69) is 28.8 Å². The van der Waals surface area contributed by atoms with Crippen molar-refractivity contribution < 1.29 is 14.4 Å². The first kappa shape index (κ1) is 20.1. The largest absolute Gasteiger partial charge is 0.234 e. The van der Waals surface area contributed by atoms with E-state index >= 15 is 0 Å². The summed E-state index contributed by atoms with van der Waals surface area (Å²) >= 11 is 0. The third-order valence-corrected chi connectivity index (χ3v) is 3.92. The molecule has 0 aliphatic carbocycles. The molecule has 0 aliphatic rings. The number of carbonyl (C=O) groups excluding carboxylic acids is 3. The Morgan fingerprint density at radius 2 is 1.45 bits per heavy atom. The van der Waals surface area contributed by atoms with Crippen molar-refractivity contribution in [3.8, 4) is 0 Å². The molecule has 2 unspecified atom stereocenters. The number of rotatable bonds is 13. The minimum Gasteiger partial charge on any atom is -0.211 e. The van der Waals surface area contributed by atoms with Gasteiger partial charge in [0.05, 0.1) is 19.6 Å². The van der Waals surface area contributed by atoms with Gasteiger partial charge in [0.25, 0.3) is 0 Å². The van der Waals surface area contributed by atoms with Crippen molar-refractivity contribution in [2.75, 3.05) is 19.6 Å². The molecule has 0 bridgehead atoms. The van der Waals surface area contributed by atoms with Crippen molar-refractivity contribution in [1.29, 1.82) is 0 Å². The highest BCUT2D eigenvalue weighted by atomic mass is 16.1. The molecule has 0 aromatic rings. The molecule has 0 amide bonds. The van der Waals surface area contributed by atoms with E-state index < -0.39 is 0 Å². The molecule has 0 aromatic carbocycles. The van der Waals surface area contributed by atoms with Crippen LogP contribution < -0.4 is 0 Å². The highest BCUT2D eigenvalue weighted by Crippen LogP contribution is 2.31. The van der Waals surface area contributed by atoms with Crippen LogP contribution in [-0.4, -0.2) is 37.9 Å². The summed E-state index contributed by atoms with van der Waals surface area (Å²) in [6, 6.07) is 0. The first-order chi connectivity index (χ1) is 10.6. The Kier molecular flexibility index (Phi) is 11.8. The molecule has 0 saturated heterocycles. The van der Waals surface area contributed by atoms with Crippen LogP contribution in [0.5, 0.6) is 0 Å². The normalized spacial score (nSPS) is 13.9. The monoisotopic (exact) mass is 307 g/mol. The van der Waals surface area contributed by atoms with Crippen LogP contribution >= 0.6 is 0 Å². The van der Waals surface area contributed by atoms with Crippen LogP contribution in [0.1, 0.15) is 52.4 Å². The third-order valence-electron chi connectivity index (χ3n) is 3.92. The second-order valence-corrected chi connectivity index (χ2v) is 6.05. The number of isocyanates is 3. The van der Waals surface area contributed by atoms with Crippen LogP contribution in [0, 0.1) is 11.3 Å². The van der Waals surface area contributed by atoms with Crippen molar-refractivity contribution in [3.63, 3.8) is 0 Å². The fourth-order valence-electron chi connectivity index (χ4n) is 2.49. The first-order valence-corrected chi connectivity index (χ1v) is 7.69. The molecule has 0 rings (SSSR count). The van der Waals surface area contributed by atoms with Crippen molar-refractivity contribution in [2.45, 2.75) is 52.4 Å². The summed E-state index contributed by atoms with van der Waals surface area (Å²) in [4.78, 5) is 41.3. The van der Waals surface area contributed by atoms with Crippen LogP contribution in [0.4, 0.5) is 0 Å². The number of hydrogen-bond donors (Lipinski definition) is 0. The number of aliphatic imine (C=N–C) groups is 3. The molecule has 2 atom stereocenters. The Labute approximate surface area is 131 Å². The topological polar surface area (TPSA) is 88.3 Å². The standard InChI is InChI=1S/C16H25N3O3/c1-15(6-10-18-13-21)5-3-7-16(2,11-19-14-22)8-4-9-17-12-20/h15H,3-11H2,1-2H3. The van der Waals surface area contributed by atoms with Gasteiger partial charge in [0.2, 0.25) is 18.2 Å². The van der Waals surface area contributed by atoms with E-state index in [1.807, 2.05) is 0 Å². The van der Waals surface area contributed by atoms with Gasteiger partial charge >= 0.3 is 0 Å². The molecule has 0 fully saturated rings. The fraction of sp³-hybridized carbons (Fsp3) is 0.812. The molecule has 6 heteroatoms. The molecule has 0 radical (unpaired) electrons. The zero-order valence-electron chi connectivity index (χ0n) is 13.5. The van der Waals surface area contributed by atoms with Gasteiger partial charge in [-0.1, -0.05) is 26.7 Å². The van der Waals surface area contributed by atoms with Crippen LogP contribution in [0.25, 0.3) is 0 Å². The molecule has 0 saturated carbocycles. The highest BCUT2D eigenvalue weighted by Gasteiger charge is 2.23. The zero-order chi connectivity index (χ0) is 16.7. The summed E-state index contributed by atoms with van der Waals surface area (Å²) in [7, 11) is 0. The van der Waals surface area contributed by atoms with E-state index in [1.165, 1.54) is 6.08 Å². The van der Waals surface area contributed by atoms with Gasteiger partial charge in [-0.05, 0) is 37.0 Å². The molecule has 22 heavy (non-hydrogen) atoms. The lowest BCUT2D eigenvalue weighted by Crippen LogP contribution is -2.21. The second kappa shape index (κ2) is 12.8. The lowest BCUT2D eigenvalue weighted by Gasteiger charge is -2.27. The van der Waals surface area contributed by atoms with E-state index in [-0.39, 0.29) is 5.41 Å². The second-order valence-electron chi connectivity index (χ2n) is 6.05. The molecule has 122 valence electrons. The average molecular weight is 307 g/mol. The lowest BCUT2D eigenvalue weighted by atomic mass is 9.79. The molecular weight excluding hydrogens is 282 g/mol. The minimum atomic E-state index is -0.0729. The quantitative estimate of drug-likeness (QED) is 0.298. The predicted octanol–water partition coefficient (Wildman–Crippen LogP) is 2.98. The lowest BCUT2D eigenvalue weighted by molar-refractivity contribution is 0.260. The minimum absolute atomic E-state index is 0.0729. The smallest absolute Gasteiger partial charge is 0.211 e. The van der Waals surface area contributed by atoms with Crippen molar-refractivity contribution in [1.82, 2.24) is 0 Å². The molecule has 0 aromatic heterocycles. The average Bonchev–Trinajstić information content (AvgIpc) is 2.50. The van der Waals surface area contributed by atoms with Gasteiger partial charge in [-0.3, -0.25) is 0 Å². The van der Waals surface area contributed by atoms with Gasteiger partial charge in [0.1, 0.15) is 0 Å². The molecule has 0 aliphatic heterocycles. The maximum Gasteiger partial charge on any atom is 0.234 e. The summed E-state index contributed by atoms with van der Waals surface area (Å²) in [6.07, 6.45) is 10.2. The van der Waals surface area contributed by atoms with E-state index in [4.69, 9.17) is 0 Å². The third kappa shape index (κ3) is 10.9. The highest BCUT2D eigenvalue weighted by molar-refractivity contribution is 5.33. The Balaban J connectivity index is 4.23. The summed E-state index contributed by atoms with van der Waals surface area (Å²) in [5, 5.41) is 0. The van der Waals surface area contributed by atoms with Crippen LogP contribution in [0.2, 0.25) is 0 Å². The Morgan fingerprint density at radius 1 is 0.864 bits per heavy atom. The van der Waals surface area contributed by atoms with E-state index in [9.17, 15) is 14.4 Å². The van der Waals surface area contributed by atoms with Crippen molar-refractivity contribution >= 4 is 18.2 Å². The summed E-state index contributed by atoms with van der Waals surface area (Å²) in [6.45, 7) is 5.68. The maximum atomic E-state index is 10.4. The van der Waals surface area contributed by atoms with Gasteiger partial charge in [-0.2, -0.15) is 0 Å². The number of nitrogens with zero attached hydrogens (tertiary/aromatic N) is 3. The maximum absolute atomic E-state index is 10.4. The Bertz CT molecular complexity index is 448. The summed E-state index contributed by atoms with van der Waals surface area (Å²) in [5.41, 5.74) is -0.0729. The van der Waals surface area contributed by atoms with Gasteiger partial charge in [-0.25, -0.2) is 29.4 Å². The fourth-order valence-corrected chi connectivity index (χ4v) is 2.49. The summed E-state index contributed by atoms with van der Waals surface area (Å²) in [5.74, 6) is 0.496. The van der Waals surface area contributed by atoms with Crippen LogP contribution in [0.15, 0.2) is 15.0 Å². The SMILES string of the molecule is CC(CCCC(C)(CCCN=C=O)CN=C=O)CCN=C=O. The van der Waals surface area contributed by atoms with Gasteiger partial charge < -0.3 is 0 Å². The summed E-state index contributed by atoms with van der Waals surface area (Å²) < 4.78 is 0.